The van der Waals surface area contributed by atoms with Crippen LogP contribution >= 0.6 is 0 Å². The monoisotopic (exact) mass is 459 g/mol. The third-order valence-electron chi connectivity index (χ3n) is 4.59. The van der Waals surface area contributed by atoms with E-state index in [-0.39, 0.29) is 22.9 Å². The van der Waals surface area contributed by atoms with Gasteiger partial charge in [0.25, 0.3) is 10.0 Å². The van der Waals surface area contributed by atoms with Crippen LogP contribution in [0.5, 0.6) is 11.5 Å². The molecule has 0 radical (unpaired) electrons. The summed E-state index contributed by atoms with van der Waals surface area (Å²) in [6.07, 6.45) is 3.16. The Hall–Kier alpha value is -3.66. The highest BCUT2D eigenvalue weighted by molar-refractivity contribution is 7.92. The van der Waals surface area contributed by atoms with Gasteiger partial charge in [-0.2, -0.15) is 0 Å². The molecule has 10 heteroatoms. The van der Waals surface area contributed by atoms with Gasteiger partial charge in [-0.3, -0.25) is 14.1 Å². The molecule has 32 heavy (non-hydrogen) atoms. The van der Waals surface area contributed by atoms with Crippen molar-refractivity contribution < 1.29 is 27.1 Å². The summed E-state index contributed by atoms with van der Waals surface area (Å²) in [6.45, 7) is -0.453. The zero-order valence-electron chi connectivity index (χ0n) is 17.5. The molecule has 1 aromatic heterocycles. The van der Waals surface area contributed by atoms with Gasteiger partial charge in [-0.05, 0) is 42.0 Å². The van der Waals surface area contributed by atoms with Gasteiger partial charge in [-0.25, -0.2) is 12.8 Å². The van der Waals surface area contributed by atoms with Crippen molar-refractivity contribution in [1.82, 2.24) is 10.3 Å². The Labute approximate surface area is 185 Å². The Kier molecular flexibility index (Phi) is 7.26. The summed E-state index contributed by atoms with van der Waals surface area (Å²) in [4.78, 5) is 16.3. The van der Waals surface area contributed by atoms with Crippen molar-refractivity contribution in [2.75, 3.05) is 25.1 Å². The van der Waals surface area contributed by atoms with Gasteiger partial charge in [-0.1, -0.05) is 12.1 Å². The molecule has 0 bridgehead atoms. The average molecular weight is 459 g/mol. The first-order valence-electron chi connectivity index (χ1n) is 9.51. The number of nitrogens with zero attached hydrogens (tertiary/aromatic N) is 2. The van der Waals surface area contributed by atoms with Crippen LogP contribution in [0.2, 0.25) is 0 Å². The maximum absolute atomic E-state index is 14.6. The first kappa shape index (κ1) is 23.0. The minimum Gasteiger partial charge on any atom is -0.493 e. The molecule has 1 heterocycles. The zero-order chi connectivity index (χ0) is 23.1. The fourth-order valence-electron chi connectivity index (χ4n) is 2.95. The lowest BCUT2D eigenvalue weighted by molar-refractivity contribution is -0.119. The van der Waals surface area contributed by atoms with Crippen LogP contribution in [0, 0.1) is 5.82 Å². The number of rotatable bonds is 9. The SMILES string of the molecule is COc1ccc(S(=O)(=O)N(CC(=O)NCc2ccncc2)c2ccccc2F)cc1OC. The van der Waals surface area contributed by atoms with Crippen molar-refractivity contribution in [3.8, 4) is 11.5 Å². The number of methoxy groups -OCH3 is 2. The minimum absolute atomic E-state index is 0.170. The summed E-state index contributed by atoms with van der Waals surface area (Å²) in [7, 11) is -1.53. The maximum Gasteiger partial charge on any atom is 0.265 e. The number of ether oxygens (including phenoxy) is 2. The number of hydrogen-bond acceptors (Lipinski definition) is 6. The molecule has 8 nitrogen and oxygen atoms in total. The zero-order valence-corrected chi connectivity index (χ0v) is 18.3. The van der Waals surface area contributed by atoms with Crippen LogP contribution in [-0.4, -0.2) is 40.1 Å². The number of aromatic nitrogens is 1. The number of anilines is 1. The largest absolute Gasteiger partial charge is 0.493 e. The van der Waals surface area contributed by atoms with Gasteiger partial charge in [0, 0.05) is 25.0 Å². The van der Waals surface area contributed by atoms with E-state index < -0.39 is 28.3 Å². The Bertz CT molecular complexity index is 1190. The van der Waals surface area contributed by atoms with Crippen molar-refractivity contribution in [3.05, 3.63) is 78.4 Å². The van der Waals surface area contributed by atoms with E-state index in [0.29, 0.717) is 5.75 Å². The van der Waals surface area contributed by atoms with Gasteiger partial charge >= 0.3 is 0 Å². The van der Waals surface area contributed by atoms with Gasteiger partial charge < -0.3 is 14.8 Å². The number of nitrogens with one attached hydrogen (secondary N) is 1. The highest BCUT2D eigenvalue weighted by Gasteiger charge is 2.30. The molecule has 168 valence electrons. The molecular formula is C22H22FN3O5S. The molecule has 0 atom stereocenters. The average Bonchev–Trinajstić information content (AvgIpc) is 2.81. The second-order valence-electron chi connectivity index (χ2n) is 6.61. The Morgan fingerprint density at radius 3 is 2.38 bits per heavy atom. The van der Waals surface area contributed by atoms with Gasteiger partial charge in [-0.15, -0.1) is 0 Å². The van der Waals surface area contributed by atoms with Crippen LogP contribution in [0.3, 0.4) is 0 Å². The van der Waals surface area contributed by atoms with E-state index in [1.54, 1.807) is 24.5 Å². The fraction of sp³-hybridized carbons (Fsp3) is 0.182. The number of halogens is 1. The van der Waals surface area contributed by atoms with Crippen molar-refractivity contribution >= 4 is 21.6 Å². The molecule has 0 unspecified atom stereocenters. The molecule has 2 aromatic carbocycles. The van der Waals surface area contributed by atoms with Crippen LogP contribution < -0.4 is 19.1 Å². The standard InChI is InChI=1S/C22H22FN3O5S/c1-30-20-8-7-17(13-21(20)31-2)32(28,29)26(19-6-4-3-5-18(19)23)15-22(27)25-14-16-9-11-24-12-10-16/h3-13H,14-15H2,1-2H3,(H,25,27). The van der Waals surface area contributed by atoms with Crippen molar-refractivity contribution in [1.29, 1.82) is 0 Å². The molecule has 0 aliphatic heterocycles. The summed E-state index contributed by atoms with van der Waals surface area (Å²) in [5.74, 6) is -0.865. The Morgan fingerprint density at radius 2 is 1.72 bits per heavy atom. The number of carbonyl (C=O) groups is 1. The molecule has 0 fully saturated rings. The van der Waals surface area contributed by atoms with Crippen LogP contribution in [0.25, 0.3) is 0 Å². The lowest BCUT2D eigenvalue weighted by Crippen LogP contribution is -2.41. The Balaban J connectivity index is 1.94. The van der Waals surface area contributed by atoms with Crippen LogP contribution in [0.15, 0.2) is 71.9 Å². The number of pyridine rings is 1. The fourth-order valence-corrected chi connectivity index (χ4v) is 4.39. The second-order valence-corrected chi connectivity index (χ2v) is 8.47. The molecule has 0 aliphatic carbocycles. The number of amides is 1. The van der Waals surface area contributed by atoms with Crippen LogP contribution in [-0.2, 0) is 21.4 Å². The third-order valence-corrected chi connectivity index (χ3v) is 6.35. The first-order valence-corrected chi connectivity index (χ1v) is 11.0. The highest BCUT2D eigenvalue weighted by Crippen LogP contribution is 2.32. The van der Waals surface area contributed by atoms with Gasteiger partial charge in [0.15, 0.2) is 11.5 Å². The minimum atomic E-state index is -4.33. The van der Waals surface area contributed by atoms with E-state index in [9.17, 15) is 17.6 Å². The molecule has 0 aliphatic rings. The summed E-state index contributed by atoms with van der Waals surface area (Å²) in [5.41, 5.74) is 0.537. The van der Waals surface area contributed by atoms with Gasteiger partial charge in [0.1, 0.15) is 12.4 Å². The molecule has 0 saturated carbocycles. The second kappa shape index (κ2) is 10.1. The van der Waals surface area contributed by atoms with Crippen molar-refractivity contribution in [2.24, 2.45) is 0 Å². The quantitative estimate of drug-likeness (QED) is 0.529. The smallest absolute Gasteiger partial charge is 0.265 e. The van der Waals surface area contributed by atoms with E-state index in [4.69, 9.17) is 9.47 Å². The van der Waals surface area contributed by atoms with Crippen LogP contribution in [0.4, 0.5) is 10.1 Å². The number of carbonyl (C=O) groups excluding carboxylic acids is 1. The summed E-state index contributed by atoms with van der Waals surface area (Å²) in [5, 5.41) is 2.64. The van der Waals surface area contributed by atoms with E-state index >= 15 is 0 Å². The lowest BCUT2D eigenvalue weighted by atomic mass is 10.2. The molecule has 1 N–H and O–H groups in total. The number of benzene rings is 2. The number of para-hydroxylation sites is 1. The lowest BCUT2D eigenvalue weighted by Gasteiger charge is -2.25. The first-order chi connectivity index (χ1) is 15.4. The molecular weight excluding hydrogens is 437 g/mol. The van der Waals surface area contributed by atoms with Gasteiger partial charge in [0.05, 0.1) is 24.8 Å². The number of hydrogen-bond donors (Lipinski definition) is 1. The summed E-state index contributed by atoms with van der Waals surface area (Å²) < 4.78 is 52.5. The summed E-state index contributed by atoms with van der Waals surface area (Å²) >= 11 is 0. The molecule has 3 rings (SSSR count). The maximum atomic E-state index is 14.6. The number of sulfonamides is 1. The van der Waals surface area contributed by atoms with E-state index in [1.807, 2.05) is 0 Å². The van der Waals surface area contributed by atoms with Crippen molar-refractivity contribution in [3.63, 3.8) is 0 Å². The van der Waals surface area contributed by atoms with E-state index in [2.05, 4.69) is 10.3 Å². The predicted octanol–water partition coefficient (Wildman–Crippen LogP) is 2.75. The van der Waals surface area contributed by atoms with E-state index in [0.717, 1.165) is 15.9 Å². The molecule has 0 saturated heterocycles. The summed E-state index contributed by atoms with van der Waals surface area (Å²) in [6, 6.07) is 12.8. The molecule has 3 aromatic rings. The third kappa shape index (κ3) is 5.14. The normalized spacial score (nSPS) is 11.0. The van der Waals surface area contributed by atoms with E-state index in [1.165, 1.54) is 50.6 Å². The van der Waals surface area contributed by atoms with Crippen molar-refractivity contribution in [2.45, 2.75) is 11.4 Å². The molecule has 1 amide bonds. The topological polar surface area (TPSA) is 97.8 Å². The van der Waals surface area contributed by atoms with Crippen LogP contribution in [0.1, 0.15) is 5.56 Å². The van der Waals surface area contributed by atoms with Gasteiger partial charge in [0.2, 0.25) is 5.91 Å². The highest BCUT2D eigenvalue weighted by atomic mass is 32.2. The Morgan fingerprint density at radius 1 is 1.03 bits per heavy atom. The molecule has 0 spiro atoms. The predicted molar refractivity (Wildman–Crippen MR) is 117 cm³/mol.